The van der Waals surface area contributed by atoms with Gasteiger partial charge in [0.2, 0.25) is 5.91 Å². The van der Waals surface area contributed by atoms with Gasteiger partial charge in [0.05, 0.1) is 13.2 Å². The van der Waals surface area contributed by atoms with Crippen LogP contribution in [0.25, 0.3) is 0 Å². The molecule has 0 radical (unpaired) electrons. The van der Waals surface area contributed by atoms with Crippen molar-refractivity contribution >= 4 is 5.91 Å². The van der Waals surface area contributed by atoms with Crippen molar-refractivity contribution in [2.45, 2.75) is 25.8 Å². The molecule has 0 unspecified atom stereocenters. The van der Waals surface area contributed by atoms with Gasteiger partial charge < -0.3 is 10.4 Å². The molecule has 2 N–H and O–H groups in total. The van der Waals surface area contributed by atoms with E-state index >= 15 is 0 Å². The van der Waals surface area contributed by atoms with Crippen molar-refractivity contribution in [1.82, 2.24) is 10.2 Å². The summed E-state index contributed by atoms with van der Waals surface area (Å²) in [6.45, 7) is 3.85. The largest absolute Gasteiger partial charge is 0.395 e. The van der Waals surface area contributed by atoms with Crippen molar-refractivity contribution in [3.63, 3.8) is 0 Å². The van der Waals surface area contributed by atoms with Gasteiger partial charge in [-0.05, 0) is 19.4 Å². The molecule has 0 aromatic carbocycles. The summed E-state index contributed by atoms with van der Waals surface area (Å²) in [6, 6.07) is 0.630. The summed E-state index contributed by atoms with van der Waals surface area (Å²) in [5.41, 5.74) is 0. The first kappa shape index (κ1) is 10.5. The van der Waals surface area contributed by atoms with Gasteiger partial charge in [0.25, 0.3) is 0 Å². The molecule has 4 heteroatoms. The van der Waals surface area contributed by atoms with Gasteiger partial charge >= 0.3 is 0 Å². The number of likely N-dealkylation sites (N-methyl/N-ethyl adjacent to an activating group) is 1. The molecule has 13 heavy (non-hydrogen) atoms. The molecule has 1 rings (SSSR count). The molecular weight excluding hydrogens is 168 g/mol. The van der Waals surface area contributed by atoms with Gasteiger partial charge in [-0.1, -0.05) is 6.92 Å². The Kier molecular flexibility index (Phi) is 4.18. The van der Waals surface area contributed by atoms with Crippen LogP contribution in [0.5, 0.6) is 0 Å². The highest BCUT2D eigenvalue weighted by Gasteiger charge is 2.28. The van der Waals surface area contributed by atoms with E-state index in [2.05, 4.69) is 17.1 Å². The molecule has 1 saturated carbocycles. The second-order valence-corrected chi connectivity index (χ2v) is 3.37. The summed E-state index contributed by atoms with van der Waals surface area (Å²) >= 11 is 0. The molecule has 1 aliphatic rings. The normalized spacial score (nSPS) is 16.2. The molecular formula is C9H18N2O2. The Bertz CT molecular complexity index is 169. The monoisotopic (exact) mass is 186 g/mol. The van der Waals surface area contributed by atoms with Crippen LogP contribution in [0, 0.1) is 0 Å². The van der Waals surface area contributed by atoms with Crippen LogP contribution in [0.1, 0.15) is 19.8 Å². The van der Waals surface area contributed by atoms with Crippen LogP contribution in [-0.2, 0) is 4.79 Å². The highest BCUT2D eigenvalue weighted by atomic mass is 16.3. The van der Waals surface area contributed by atoms with Gasteiger partial charge in [-0.15, -0.1) is 0 Å². The summed E-state index contributed by atoms with van der Waals surface area (Å²) in [4.78, 5) is 13.4. The lowest BCUT2D eigenvalue weighted by Crippen LogP contribution is -2.39. The lowest BCUT2D eigenvalue weighted by molar-refractivity contribution is -0.122. The van der Waals surface area contributed by atoms with E-state index in [1.807, 2.05) is 0 Å². The van der Waals surface area contributed by atoms with E-state index in [1.165, 1.54) is 12.8 Å². The minimum absolute atomic E-state index is 0.0152. The first-order chi connectivity index (χ1) is 6.27. The Morgan fingerprint density at radius 1 is 1.62 bits per heavy atom. The van der Waals surface area contributed by atoms with E-state index in [-0.39, 0.29) is 12.5 Å². The van der Waals surface area contributed by atoms with Crippen molar-refractivity contribution in [3.05, 3.63) is 0 Å². The molecule has 0 aliphatic heterocycles. The zero-order chi connectivity index (χ0) is 9.68. The summed E-state index contributed by atoms with van der Waals surface area (Å²) in [7, 11) is 0. The summed E-state index contributed by atoms with van der Waals surface area (Å²) in [5, 5.41) is 11.1. The fourth-order valence-electron chi connectivity index (χ4n) is 1.37. The Balaban J connectivity index is 2.16. The summed E-state index contributed by atoms with van der Waals surface area (Å²) in [5.74, 6) is 0.0165. The van der Waals surface area contributed by atoms with E-state index in [0.29, 0.717) is 19.1 Å². The predicted molar refractivity (Wildman–Crippen MR) is 50.4 cm³/mol. The second kappa shape index (κ2) is 5.19. The van der Waals surface area contributed by atoms with Crippen molar-refractivity contribution in [3.8, 4) is 0 Å². The number of hydrogen-bond donors (Lipinski definition) is 2. The highest BCUT2D eigenvalue weighted by Crippen LogP contribution is 2.25. The van der Waals surface area contributed by atoms with Crippen molar-refractivity contribution in [2.75, 3.05) is 26.2 Å². The fourth-order valence-corrected chi connectivity index (χ4v) is 1.37. The van der Waals surface area contributed by atoms with Gasteiger partial charge in [-0.3, -0.25) is 9.69 Å². The molecule has 0 spiro atoms. The van der Waals surface area contributed by atoms with Gasteiger partial charge in [-0.2, -0.15) is 0 Å². The molecule has 0 bridgehead atoms. The molecule has 0 atom stereocenters. The molecule has 0 aromatic heterocycles. The van der Waals surface area contributed by atoms with Crippen molar-refractivity contribution < 1.29 is 9.90 Å². The van der Waals surface area contributed by atoms with Crippen LogP contribution in [0.15, 0.2) is 0 Å². The SMILES string of the molecule is CCN(CC(=O)NCCO)C1CC1. The van der Waals surface area contributed by atoms with Crippen LogP contribution in [0.2, 0.25) is 0 Å². The van der Waals surface area contributed by atoms with Gasteiger partial charge in [-0.25, -0.2) is 0 Å². The zero-order valence-electron chi connectivity index (χ0n) is 8.12. The summed E-state index contributed by atoms with van der Waals surface area (Å²) < 4.78 is 0. The van der Waals surface area contributed by atoms with E-state index in [0.717, 1.165) is 6.54 Å². The number of carbonyl (C=O) groups is 1. The molecule has 0 saturated heterocycles. The van der Waals surface area contributed by atoms with Crippen LogP contribution in [0.4, 0.5) is 0 Å². The first-order valence-corrected chi connectivity index (χ1v) is 4.89. The van der Waals surface area contributed by atoms with E-state index < -0.39 is 0 Å². The number of rotatable bonds is 6. The highest BCUT2D eigenvalue weighted by molar-refractivity contribution is 5.78. The third-order valence-electron chi connectivity index (χ3n) is 2.25. The van der Waals surface area contributed by atoms with E-state index in [9.17, 15) is 4.79 Å². The Hall–Kier alpha value is -0.610. The maximum atomic E-state index is 11.2. The number of nitrogens with zero attached hydrogens (tertiary/aromatic N) is 1. The fraction of sp³-hybridized carbons (Fsp3) is 0.889. The maximum absolute atomic E-state index is 11.2. The molecule has 76 valence electrons. The first-order valence-electron chi connectivity index (χ1n) is 4.89. The minimum Gasteiger partial charge on any atom is -0.395 e. The molecule has 4 nitrogen and oxygen atoms in total. The van der Waals surface area contributed by atoms with Crippen molar-refractivity contribution in [1.29, 1.82) is 0 Å². The number of nitrogens with one attached hydrogen (secondary N) is 1. The lowest BCUT2D eigenvalue weighted by Gasteiger charge is -2.18. The topological polar surface area (TPSA) is 52.6 Å². The molecule has 1 amide bonds. The van der Waals surface area contributed by atoms with Crippen LogP contribution >= 0.6 is 0 Å². The minimum atomic E-state index is 0.0152. The second-order valence-electron chi connectivity index (χ2n) is 3.37. The number of aliphatic hydroxyl groups excluding tert-OH is 1. The van der Waals surface area contributed by atoms with E-state index in [1.54, 1.807) is 0 Å². The van der Waals surface area contributed by atoms with Gasteiger partial charge in [0.15, 0.2) is 0 Å². The Morgan fingerprint density at radius 2 is 2.31 bits per heavy atom. The Morgan fingerprint density at radius 3 is 2.77 bits per heavy atom. The molecule has 1 fully saturated rings. The number of carbonyl (C=O) groups excluding carboxylic acids is 1. The van der Waals surface area contributed by atoms with Crippen LogP contribution < -0.4 is 5.32 Å². The standard InChI is InChI=1S/C9H18N2O2/c1-2-11(8-3-4-8)7-9(13)10-5-6-12/h8,12H,2-7H2,1H3,(H,10,13). The molecule has 1 aliphatic carbocycles. The predicted octanol–water partition coefficient (Wildman–Crippen LogP) is -0.421. The van der Waals surface area contributed by atoms with Gasteiger partial charge in [0.1, 0.15) is 0 Å². The average Bonchev–Trinajstić information content (AvgIpc) is 2.94. The third kappa shape index (κ3) is 3.74. The Labute approximate surface area is 78.9 Å². The maximum Gasteiger partial charge on any atom is 0.234 e. The average molecular weight is 186 g/mol. The van der Waals surface area contributed by atoms with Crippen LogP contribution in [-0.4, -0.2) is 48.2 Å². The number of hydrogen-bond acceptors (Lipinski definition) is 3. The molecule has 0 heterocycles. The van der Waals surface area contributed by atoms with E-state index in [4.69, 9.17) is 5.11 Å². The number of amides is 1. The van der Waals surface area contributed by atoms with Gasteiger partial charge in [0, 0.05) is 12.6 Å². The molecule has 0 aromatic rings. The third-order valence-corrected chi connectivity index (χ3v) is 2.25. The summed E-state index contributed by atoms with van der Waals surface area (Å²) in [6.07, 6.45) is 2.45. The quantitative estimate of drug-likeness (QED) is 0.592. The zero-order valence-corrected chi connectivity index (χ0v) is 8.12. The van der Waals surface area contributed by atoms with Crippen molar-refractivity contribution in [2.24, 2.45) is 0 Å². The smallest absolute Gasteiger partial charge is 0.234 e. The van der Waals surface area contributed by atoms with Crippen LogP contribution in [0.3, 0.4) is 0 Å². The number of aliphatic hydroxyl groups is 1. The lowest BCUT2D eigenvalue weighted by atomic mass is 10.4.